The summed E-state index contributed by atoms with van der Waals surface area (Å²) in [4.78, 5) is 40.7. The van der Waals surface area contributed by atoms with Crippen LogP contribution in [0.25, 0.3) is 21.1 Å². The number of anilines is 4. The maximum Gasteiger partial charge on any atom is 0.332 e. The van der Waals surface area contributed by atoms with E-state index in [1.165, 1.54) is 34.7 Å². The van der Waals surface area contributed by atoms with Gasteiger partial charge >= 0.3 is 6.03 Å². The molecule has 13 heteroatoms. The molecule has 0 unspecified atom stereocenters. The van der Waals surface area contributed by atoms with Gasteiger partial charge in [0.05, 0.1) is 48.2 Å². The molecule has 1 saturated heterocycles. The van der Waals surface area contributed by atoms with Crippen LogP contribution in [0.1, 0.15) is 20.8 Å². The van der Waals surface area contributed by atoms with Crippen LogP contribution in [0.15, 0.2) is 79.3 Å². The summed E-state index contributed by atoms with van der Waals surface area (Å²) in [6.07, 6.45) is 3.11. The summed E-state index contributed by atoms with van der Waals surface area (Å²) in [7, 11) is 0. The highest BCUT2D eigenvalue weighted by Gasteiger charge is 2.34. The summed E-state index contributed by atoms with van der Waals surface area (Å²) in [5, 5.41) is 11.8. The van der Waals surface area contributed by atoms with Gasteiger partial charge in [0.1, 0.15) is 21.9 Å². The van der Waals surface area contributed by atoms with Crippen LogP contribution in [0.3, 0.4) is 0 Å². The van der Waals surface area contributed by atoms with Gasteiger partial charge in [-0.25, -0.2) is 24.1 Å². The number of rotatable bonds is 7. The third-order valence-corrected chi connectivity index (χ3v) is 9.24. The van der Waals surface area contributed by atoms with Crippen LogP contribution in [-0.2, 0) is 17.8 Å². The number of carbonyl (C=O) groups excluding carboxylic acids is 2. The molecule has 2 aliphatic rings. The molecular formula is C33H27FN8O3S. The quantitative estimate of drug-likeness (QED) is 0.221. The molecule has 0 radical (unpaired) electrons. The SMILES string of the molecule is O=C(Nc1ccc(CN2CCOCC2)cc1)c1sc2ncnc3c2c1NC(=O)N3c1ccc2c(cnn2Cc2cccc(F)c2)c1. The molecule has 3 amide bonds. The Morgan fingerprint density at radius 3 is 2.67 bits per heavy atom. The monoisotopic (exact) mass is 634 g/mol. The van der Waals surface area contributed by atoms with Crippen LogP contribution in [0.2, 0.25) is 0 Å². The average Bonchev–Trinajstić information content (AvgIpc) is 3.64. The minimum atomic E-state index is -0.445. The average molecular weight is 635 g/mol. The molecule has 2 N–H and O–H groups in total. The number of hydrogen-bond acceptors (Lipinski definition) is 8. The van der Waals surface area contributed by atoms with Gasteiger partial charge < -0.3 is 15.4 Å². The minimum Gasteiger partial charge on any atom is -0.379 e. The zero-order valence-corrected chi connectivity index (χ0v) is 25.3. The van der Waals surface area contributed by atoms with E-state index in [0.717, 1.165) is 54.9 Å². The van der Waals surface area contributed by atoms with Crippen LogP contribution in [-0.4, -0.2) is 62.9 Å². The molecule has 46 heavy (non-hydrogen) atoms. The number of nitrogens with zero attached hydrogens (tertiary/aromatic N) is 6. The number of amides is 3. The van der Waals surface area contributed by atoms with Crippen LogP contribution < -0.4 is 15.5 Å². The fourth-order valence-electron chi connectivity index (χ4n) is 5.91. The number of benzene rings is 3. The van der Waals surface area contributed by atoms with Crippen molar-refractivity contribution in [3.63, 3.8) is 0 Å². The van der Waals surface area contributed by atoms with E-state index in [2.05, 4.69) is 30.6 Å². The Morgan fingerprint density at radius 1 is 1.00 bits per heavy atom. The molecule has 1 fully saturated rings. The van der Waals surface area contributed by atoms with E-state index < -0.39 is 6.03 Å². The van der Waals surface area contributed by atoms with Gasteiger partial charge in [0.25, 0.3) is 5.91 Å². The predicted octanol–water partition coefficient (Wildman–Crippen LogP) is 6.00. The normalized spacial score (nSPS) is 15.0. The van der Waals surface area contributed by atoms with E-state index in [9.17, 15) is 14.0 Å². The fraction of sp³-hybridized carbons (Fsp3) is 0.182. The molecule has 11 nitrogen and oxygen atoms in total. The molecule has 0 bridgehead atoms. The van der Waals surface area contributed by atoms with Crippen molar-refractivity contribution < 1.29 is 18.7 Å². The maximum atomic E-state index is 13.7. The van der Waals surface area contributed by atoms with Gasteiger partial charge in [0.15, 0.2) is 5.82 Å². The fourth-order valence-corrected chi connectivity index (χ4v) is 6.90. The first kappa shape index (κ1) is 28.2. The molecule has 6 aromatic rings. The van der Waals surface area contributed by atoms with Gasteiger partial charge in [-0.15, -0.1) is 11.3 Å². The third kappa shape index (κ3) is 5.23. The third-order valence-electron chi connectivity index (χ3n) is 8.15. The summed E-state index contributed by atoms with van der Waals surface area (Å²) in [6, 6.07) is 19.3. The molecule has 2 aliphatic heterocycles. The lowest BCUT2D eigenvalue weighted by Crippen LogP contribution is -2.35. The predicted molar refractivity (Wildman–Crippen MR) is 174 cm³/mol. The number of nitrogens with one attached hydrogen (secondary N) is 2. The van der Waals surface area contributed by atoms with Crippen LogP contribution in [0, 0.1) is 5.82 Å². The van der Waals surface area contributed by atoms with Gasteiger partial charge in [-0.1, -0.05) is 24.3 Å². The molecular weight excluding hydrogens is 607 g/mol. The van der Waals surface area contributed by atoms with Gasteiger partial charge in [-0.3, -0.25) is 14.4 Å². The first-order valence-electron chi connectivity index (χ1n) is 14.8. The lowest BCUT2D eigenvalue weighted by molar-refractivity contribution is 0.0342. The zero-order valence-electron chi connectivity index (χ0n) is 24.4. The minimum absolute atomic E-state index is 0.300. The van der Waals surface area contributed by atoms with E-state index in [-0.39, 0.29) is 11.7 Å². The number of hydrogen-bond donors (Lipinski definition) is 2. The van der Waals surface area contributed by atoms with Crippen molar-refractivity contribution >= 4 is 67.3 Å². The summed E-state index contributed by atoms with van der Waals surface area (Å²) < 4.78 is 20.9. The Bertz CT molecular complexity index is 2120. The first-order chi connectivity index (χ1) is 22.5. The van der Waals surface area contributed by atoms with E-state index in [4.69, 9.17) is 4.74 Å². The standard InChI is InChI=1S/C33H27FN8O3S/c34-23-3-1-2-21(14-23)18-41-26-9-8-25(15-22(26)16-37-41)42-30-27-28(39-33(42)44)29(46-32(27)36-19-35-30)31(43)38-24-6-4-20(5-7-24)17-40-10-12-45-13-11-40/h1-9,14-16,19H,10-13,17-18H2,(H,38,43)(H,39,44). The highest BCUT2D eigenvalue weighted by Crippen LogP contribution is 2.45. The lowest BCUT2D eigenvalue weighted by atomic mass is 10.1. The number of aromatic nitrogens is 4. The molecule has 0 atom stereocenters. The zero-order chi connectivity index (χ0) is 31.2. The Kier molecular flexibility index (Phi) is 7.12. The molecule has 3 aromatic carbocycles. The van der Waals surface area contributed by atoms with Gasteiger partial charge in [0.2, 0.25) is 0 Å². The second kappa shape index (κ2) is 11.6. The smallest absolute Gasteiger partial charge is 0.332 e. The number of carbonyl (C=O) groups is 2. The Balaban J connectivity index is 1.05. The Labute approximate surface area is 266 Å². The number of ether oxygens (including phenoxy) is 1. The number of fused-ring (bicyclic) bond motifs is 1. The molecule has 5 heterocycles. The Morgan fingerprint density at radius 2 is 1.85 bits per heavy atom. The van der Waals surface area contributed by atoms with Crippen molar-refractivity contribution in [1.82, 2.24) is 24.6 Å². The van der Waals surface area contributed by atoms with Gasteiger partial charge in [0, 0.05) is 30.7 Å². The van der Waals surface area contributed by atoms with E-state index in [0.29, 0.717) is 44.5 Å². The second-order valence-electron chi connectivity index (χ2n) is 11.2. The summed E-state index contributed by atoms with van der Waals surface area (Å²) in [5.74, 6) is -0.255. The van der Waals surface area contributed by atoms with Crippen molar-refractivity contribution in [2.75, 3.05) is 41.8 Å². The number of urea groups is 1. The van der Waals surface area contributed by atoms with Crippen molar-refractivity contribution in [3.8, 4) is 0 Å². The summed E-state index contributed by atoms with van der Waals surface area (Å²) in [6.45, 7) is 4.51. The number of morpholine rings is 1. The van der Waals surface area contributed by atoms with E-state index >= 15 is 0 Å². The number of halogens is 1. The van der Waals surface area contributed by atoms with Gasteiger partial charge in [-0.05, 0) is 53.6 Å². The van der Waals surface area contributed by atoms with Crippen LogP contribution >= 0.6 is 11.3 Å². The highest BCUT2D eigenvalue weighted by molar-refractivity contribution is 7.21. The van der Waals surface area contributed by atoms with Gasteiger partial charge in [-0.2, -0.15) is 5.10 Å². The van der Waals surface area contributed by atoms with Crippen LogP contribution in [0.5, 0.6) is 0 Å². The van der Waals surface area contributed by atoms with Crippen molar-refractivity contribution in [2.45, 2.75) is 13.1 Å². The van der Waals surface area contributed by atoms with Crippen molar-refractivity contribution in [3.05, 3.63) is 101 Å². The van der Waals surface area contributed by atoms with Crippen molar-refractivity contribution in [1.29, 1.82) is 0 Å². The maximum absolute atomic E-state index is 13.7. The number of thiophene rings is 1. The largest absolute Gasteiger partial charge is 0.379 e. The topological polar surface area (TPSA) is 118 Å². The Hall–Kier alpha value is -5.24. The first-order valence-corrected chi connectivity index (χ1v) is 15.6. The summed E-state index contributed by atoms with van der Waals surface area (Å²) in [5.41, 5.74) is 4.40. The molecule has 0 spiro atoms. The molecule has 8 rings (SSSR count). The second-order valence-corrected chi connectivity index (χ2v) is 12.2. The van der Waals surface area contributed by atoms with E-state index in [1.807, 2.05) is 48.5 Å². The molecule has 0 saturated carbocycles. The molecule has 3 aromatic heterocycles. The van der Waals surface area contributed by atoms with E-state index in [1.54, 1.807) is 16.9 Å². The van der Waals surface area contributed by atoms with Crippen molar-refractivity contribution in [2.24, 2.45) is 0 Å². The molecule has 0 aliphatic carbocycles. The lowest BCUT2D eigenvalue weighted by Gasteiger charge is -2.27. The summed E-state index contributed by atoms with van der Waals surface area (Å²) >= 11 is 1.20. The highest BCUT2D eigenvalue weighted by atomic mass is 32.1. The van der Waals surface area contributed by atoms with Crippen LogP contribution in [0.4, 0.5) is 32.1 Å². The molecule has 230 valence electrons.